The van der Waals surface area contributed by atoms with Crippen LogP contribution in [0.3, 0.4) is 0 Å². The average Bonchev–Trinajstić information content (AvgIpc) is 3.04. The van der Waals surface area contributed by atoms with Crippen molar-refractivity contribution in [3.63, 3.8) is 0 Å². The van der Waals surface area contributed by atoms with Crippen LogP contribution in [0.1, 0.15) is 22.9 Å². The number of hydrogen-bond acceptors (Lipinski definition) is 5. The third-order valence-corrected chi connectivity index (χ3v) is 5.43. The lowest BCUT2D eigenvalue weighted by Crippen LogP contribution is -2.30. The summed E-state index contributed by atoms with van der Waals surface area (Å²) in [6.07, 6.45) is 1.58. The van der Waals surface area contributed by atoms with Crippen molar-refractivity contribution in [1.29, 1.82) is 0 Å². The van der Waals surface area contributed by atoms with Crippen LogP contribution in [0, 0.1) is 6.92 Å². The number of ether oxygens (including phenoxy) is 1. The molecule has 0 aliphatic carbocycles. The summed E-state index contributed by atoms with van der Waals surface area (Å²) in [6.45, 7) is 1.80. The van der Waals surface area contributed by atoms with Crippen molar-refractivity contribution in [1.82, 2.24) is 4.98 Å². The number of pyridine rings is 1. The van der Waals surface area contributed by atoms with Crippen molar-refractivity contribution in [2.24, 2.45) is 0 Å². The third kappa shape index (κ3) is 3.55. The van der Waals surface area contributed by atoms with Crippen LogP contribution in [0.2, 0.25) is 5.02 Å². The van der Waals surface area contributed by atoms with Gasteiger partial charge in [-0.15, -0.1) is 0 Å². The van der Waals surface area contributed by atoms with Crippen molar-refractivity contribution in [3.8, 4) is 5.75 Å². The molecule has 6 nitrogen and oxygen atoms in total. The number of aryl methyl sites for hydroxylation is 1. The minimum atomic E-state index is -0.911. The molecular formula is C24H19ClN2O4. The average molecular weight is 435 g/mol. The van der Waals surface area contributed by atoms with E-state index in [2.05, 4.69) is 4.98 Å². The van der Waals surface area contributed by atoms with Gasteiger partial charge in [-0.05, 0) is 55.0 Å². The van der Waals surface area contributed by atoms with E-state index in [1.165, 1.54) is 12.0 Å². The van der Waals surface area contributed by atoms with Gasteiger partial charge >= 0.3 is 0 Å². The van der Waals surface area contributed by atoms with Gasteiger partial charge in [0.15, 0.2) is 0 Å². The molecule has 0 spiro atoms. The van der Waals surface area contributed by atoms with Gasteiger partial charge in [-0.1, -0.05) is 29.8 Å². The van der Waals surface area contributed by atoms with Gasteiger partial charge in [-0.3, -0.25) is 19.5 Å². The molecule has 4 rings (SSSR count). The van der Waals surface area contributed by atoms with Crippen LogP contribution < -0.4 is 9.64 Å². The first-order valence-corrected chi connectivity index (χ1v) is 9.93. The maximum Gasteiger partial charge on any atom is 0.300 e. The van der Waals surface area contributed by atoms with Crippen molar-refractivity contribution in [3.05, 3.63) is 94.3 Å². The molecule has 0 bridgehead atoms. The SMILES string of the molecule is COc1ccccc1/C(O)=C1\C(=O)C(=O)N(c2ccc(Cl)cc2C)C1c1ccccn1. The molecule has 0 saturated carbocycles. The van der Waals surface area contributed by atoms with Gasteiger partial charge < -0.3 is 9.84 Å². The Bertz CT molecular complexity index is 1210. The highest BCUT2D eigenvalue weighted by atomic mass is 35.5. The van der Waals surface area contributed by atoms with Crippen molar-refractivity contribution < 1.29 is 19.4 Å². The zero-order chi connectivity index (χ0) is 22.1. The Kier molecular flexibility index (Phi) is 5.48. The summed E-state index contributed by atoms with van der Waals surface area (Å²) in [5.74, 6) is -1.49. The van der Waals surface area contributed by atoms with E-state index >= 15 is 0 Å². The molecule has 1 atom stereocenters. The lowest BCUT2D eigenvalue weighted by molar-refractivity contribution is -0.132. The fourth-order valence-electron chi connectivity index (χ4n) is 3.77. The number of Topliss-reactive ketones (excluding diaryl/α,β-unsaturated/α-hetero) is 1. The summed E-state index contributed by atoms with van der Waals surface area (Å²) in [4.78, 5) is 32.1. The molecule has 1 saturated heterocycles. The first kappa shape index (κ1) is 20.6. The highest BCUT2D eigenvalue weighted by Gasteiger charge is 2.48. The molecule has 3 aromatic rings. The lowest BCUT2D eigenvalue weighted by Gasteiger charge is -2.26. The predicted molar refractivity (Wildman–Crippen MR) is 118 cm³/mol. The minimum absolute atomic E-state index is 0.0532. The highest BCUT2D eigenvalue weighted by molar-refractivity contribution is 6.51. The van der Waals surface area contributed by atoms with Crippen LogP contribution >= 0.6 is 11.6 Å². The number of ketones is 1. The summed E-state index contributed by atoms with van der Waals surface area (Å²) >= 11 is 6.09. The molecule has 1 amide bonds. The zero-order valence-corrected chi connectivity index (χ0v) is 17.6. The van der Waals surface area contributed by atoms with Gasteiger partial charge in [0.25, 0.3) is 11.7 Å². The van der Waals surface area contributed by atoms with Gasteiger partial charge in [-0.25, -0.2) is 0 Å². The van der Waals surface area contributed by atoms with E-state index in [1.54, 1.807) is 73.8 Å². The number of para-hydroxylation sites is 1. The van der Waals surface area contributed by atoms with Gasteiger partial charge in [0.1, 0.15) is 17.6 Å². The Labute approximate surface area is 184 Å². The number of aliphatic hydroxyl groups is 1. The maximum atomic E-state index is 13.2. The molecule has 2 aromatic carbocycles. The number of methoxy groups -OCH3 is 1. The monoisotopic (exact) mass is 434 g/mol. The smallest absolute Gasteiger partial charge is 0.300 e. The molecule has 7 heteroatoms. The first-order chi connectivity index (χ1) is 14.9. The van der Waals surface area contributed by atoms with Crippen molar-refractivity contribution in [2.45, 2.75) is 13.0 Å². The fourth-order valence-corrected chi connectivity index (χ4v) is 4.00. The molecule has 0 radical (unpaired) electrons. The molecule has 1 N–H and O–H groups in total. The number of halogens is 1. The molecule has 1 aliphatic rings. The number of rotatable bonds is 4. The highest BCUT2D eigenvalue weighted by Crippen LogP contribution is 2.43. The summed E-state index contributed by atoms with van der Waals surface area (Å²) in [5, 5.41) is 11.7. The van der Waals surface area contributed by atoms with E-state index in [9.17, 15) is 14.7 Å². The Morgan fingerprint density at radius 2 is 1.84 bits per heavy atom. The number of nitrogens with zero attached hydrogens (tertiary/aromatic N) is 2. The summed E-state index contributed by atoms with van der Waals surface area (Å²) in [6, 6.07) is 16.1. The van der Waals surface area contributed by atoms with Gasteiger partial charge in [-0.2, -0.15) is 0 Å². The Hall–Kier alpha value is -3.64. The van der Waals surface area contributed by atoms with Crippen LogP contribution in [0.25, 0.3) is 5.76 Å². The quantitative estimate of drug-likeness (QED) is 0.366. The molecule has 1 aromatic heterocycles. The molecular weight excluding hydrogens is 416 g/mol. The van der Waals surface area contributed by atoms with E-state index in [0.29, 0.717) is 33.3 Å². The van der Waals surface area contributed by atoms with Gasteiger partial charge in [0.2, 0.25) is 0 Å². The standard InChI is InChI=1S/C24H19ClN2O4/c1-14-13-15(25)10-11-18(14)27-21(17-8-5-6-12-26-17)20(23(29)24(27)30)22(28)16-7-3-4-9-19(16)31-2/h3-13,21,28H,1-2H3/b22-20+. The maximum absolute atomic E-state index is 13.2. The number of anilines is 1. The number of carbonyl (C=O) groups is 2. The second kappa shape index (κ2) is 8.24. The topological polar surface area (TPSA) is 79.7 Å². The van der Waals surface area contributed by atoms with E-state index in [-0.39, 0.29) is 11.3 Å². The second-order valence-electron chi connectivity index (χ2n) is 7.05. The first-order valence-electron chi connectivity index (χ1n) is 9.55. The number of aliphatic hydroxyl groups excluding tert-OH is 1. The number of benzene rings is 2. The summed E-state index contributed by atoms with van der Waals surface area (Å²) in [5.41, 5.74) is 1.95. The van der Waals surface area contributed by atoms with Gasteiger partial charge in [0, 0.05) is 16.9 Å². The Morgan fingerprint density at radius 1 is 1.10 bits per heavy atom. The van der Waals surface area contributed by atoms with Crippen LogP contribution in [0.4, 0.5) is 5.69 Å². The molecule has 2 heterocycles. The van der Waals surface area contributed by atoms with Crippen molar-refractivity contribution in [2.75, 3.05) is 12.0 Å². The molecule has 156 valence electrons. The number of amides is 1. The number of aromatic nitrogens is 1. The molecule has 31 heavy (non-hydrogen) atoms. The van der Waals surface area contributed by atoms with Crippen LogP contribution in [-0.4, -0.2) is 28.9 Å². The third-order valence-electron chi connectivity index (χ3n) is 5.19. The summed E-state index contributed by atoms with van der Waals surface area (Å²) in [7, 11) is 1.47. The van der Waals surface area contributed by atoms with E-state index in [1.807, 2.05) is 0 Å². The zero-order valence-electron chi connectivity index (χ0n) is 16.9. The Morgan fingerprint density at radius 3 is 2.52 bits per heavy atom. The normalized spacial score (nSPS) is 17.8. The second-order valence-corrected chi connectivity index (χ2v) is 7.49. The molecule has 1 unspecified atom stereocenters. The minimum Gasteiger partial charge on any atom is -0.507 e. The largest absolute Gasteiger partial charge is 0.507 e. The summed E-state index contributed by atoms with van der Waals surface area (Å²) < 4.78 is 5.34. The van der Waals surface area contributed by atoms with E-state index in [0.717, 1.165) is 0 Å². The molecule has 1 aliphatic heterocycles. The van der Waals surface area contributed by atoms with Gasteiger partial charge in [0.05, 0.1) is 23.9 Å². The lowest BCUT2D eigenvalue weighted by atomic mass is 9.97. The van der Waals surface area contributed by atoms with Crippen LogP contribution in [-0.2, 0) is 9.59 Å². The van der Waals surface area contributed by atoms with Crippen LogP contribution in [0.15, 0.2) is 72.4 Å². The molecule has 1 fully saturated rings. The Balaban J connectivity index is 1.99. The number of carbonyl (C=O) groups excluding carboxylic acids is 2. The number of hydrogen-bond donors (Lipinski definition) is 1. The predicted octanol–water partition coefficient (Wildman–Crippen LogP) is 4.68. The van der Waals surface area contributed by atoms with E-state index < -0.39 is 17.7 Å². The van der Waals surface area contributed by atoms with Crippen LogP contribution in [0.5, 0.6) is 5.75 Å². The van der Waals surface area contributed by atoms with Crippen molar-refractivity contribution >= 4 is 34.7 Å². The fraction of sp³-hybridized carbons (Fsp3) is 0.125. The van der Waals surface area contributed by atoms with E-state index in [4.69, 9.17) is 16.3 Å².